The molecule has 2 aromatic carbocycles. The fourth-order valence-electron chi connectivity index (χ4n) is 5.95. The van der Waals surface area contributed by atoms with Gasteiger partial charge >= 0.3 is 5.97 Å². The number of rotatable bonds is 15. The molecule has 14 heteroatoms. The van der Waals surface area contributed by atoms with Crippen LogP contribution >= 0.6 is 0 Å². The van der Waals surface area contributed by atoms with Crippen LogP contribution in [0.1, 0.15) is 36.8 Å². The Labute approximate surface area is 271 Å². The molecule has 0 aliphatic carbocycles. The molecular weight excluding hydrogens is 602 g/mol. The van der Waals surface area contributed by atoms with Crippen molar-refractivity contribution in [2.75, 3.05) is 13.1 Å². The molecule has 0 spiro atoms. The number of nitrogens with zero attached hydrogens (tertiary/aromatic N) is 1. The predicted octanol–water partition coefficient (Wildman–Crippen LogP) is 0.779. The van der Waals surface area contributed by atoms with E-state index in [0.717, 1.165) is 39.4 Å². The van der Waals surface area contributed by atoms with E-state index in [-0.39, 0.29) is 37.7 Å². The summed E-state index contributed by atoms with van der Waals surface area (Å²) in [5.41, 5.74) is 14.1. The van der Waals surface area contributed by atoms with E-state index in [4.69, 9.17) is 11.5 Å². The predicted molar refractivity (Wildman–Crippen MR) is 178 cm³/mol. The van der Waals surface area contributed by atoms with Crippen LogP contribution in [0.25, 0.3) is 21.8 Å². The van der Waals surface area contributed by atoms with Gasteiger partial charge in [0.25, 0.3) is 0 Å². The van der Waals surface area contributed by atoms with E-state index in [9.17, 15) is 24.3 Å². The van der Waals surface area contributed by atoms with Gasteiger partial charge in [0.1, 0.15) is 18.1 Å². The number of benzene rings is 2. The highest BCUT2D eigenvalue weighted by atomic mass is 16.4. The topological polar surface area (TPSA) is 233 Å². The minimum Gasteiger partial charge on any atom is -0.480 e. The maximum Gasteiger partial charge on any atom is 0.326 e. The molecule has 0 radical (unpaired) electrons. The largest absolute Gasteiger partial charge is 0.480 e. The van der Waals surface area contributed by atoms with Gasteiger partial charge in [-0.1, -0.05) is 36.4 Å². The summed E-state index contributed by atoms with van der Waals surface area (Å²) in [5.74, 6) is -2.86. The monoisotopic (exact) mass is 643 g/mol. The van der Waals surface area contributed by atoms with E-state index in [1.807, 2.05) is 48.5 Å². The van der Waals surface area contributed by atoms with Gasteiger partial charge in [-0.3, -0.25) is 19.4 Å². The minimum atomic E-state index is -1.27. The van der Waals surface area contributed by atoms with Crippen molar-refractivity contribution in [3.63, 3.8) is 0 Å². The number of aromatic amines is 2. The van der Waals surface area contributed by atoms with Crippen molar-refractivity contribution in [3.8, 4) is 0 Å². The molecule has 0 bridgehead atoms. The number of aliphatic imine (C=N–C) groups is 1. The zero-order valence-corrected chi connectivity index (χ0v) is 25.9. The van der Waals surface area contributed by atoms with Crippen molar-refractivity contribution in [1.82, 2.24) is 31.2 Å². The molecule has 11 N–H and O–H groups in total. The molecule has 1 aliphatic rings. The number of hydrogen-bond acceptors (Lipinski definition) is 6. The first kappa shape index (κ1) is 33.0. The molecule has 3 heterocycles. The highest BCUT2D eigenvalue weighted by Gasteiger charge is 2.32. The van der Waals surface area contributed by atoms with E-state index in [1.54, 1.807) is 12.4 Å². The van der Waals surface area contributed by atoms with Gasteiger partial charge in [0.2, 0.25) is 17.7 Å². The quantitative estimate of drug-likeness (QED) is 0.0509. The van der Waals surface area contributed by atoms with Crippen molar-refractivity contribution in [3.05, 3.63) is 72.1 Å². The average molecular weight is 644 g/mol. The number of carbonyl (C=O) groups excluding carboxylic acids is 3. The maximum absolute atomic E-state index is 13.9. The number of carbonyl (C=O) groups is 4. The number of nitrogens with one attached hydrogen (secondary N) is 6. The van der Waals surface area contributed by atoms with Crippen molar-refractivity contribution in [2.45, 2.75) is 62.7 Å². The summed E-state index contributed by atoms with van der Waals surface area (Å²) in [6, 6.07) is 11.2. The van der Waals surface area contributed by atoms with Crippen LogP contribution in [0.4, 0.5) is 0 Å². The normalized spacial score (nSPS) is 16.3. The lowest BCUT2D eigenvalue weighted by atomic mass is 10.0. The number of para-hydroxylation sites is 2. The van der Waals surface area contributed by atoms with Crippen LogP contribution in [0.15, 0.2) is 65.9 Å². The van der Waals surface area contributed by atoms with Crippen LogP contribution < -0.4 is 32.7 Å². The standard InChI is InChI=1S/C33H41N9O5/c34-33(35)37-14-6-12-26(40-29(43)25-11-5-13-36-25)30(44)41-27(15-19-17-38-23-9-3-1-7-21(19)23)31(45)42-28(32(46)47)16-20-18-39-24-10-4-2-8-22(20)24/h1-4,7-10,17-18,25-28,36,38-39H,5-6,11-16H2,(H,40,43)(H,41,44)(H,42,45)(H,46,47)(H4,34,35,37). The molecule has 1 saturated heterocycles. The number of carboxylic acid groups (broad SMARTS) is 1. The Morgan fingerprint density at radius 2 is 1.40 bits per heavy atom. The number of aromatic nitrogens is 2. The van der Waals surface area contributed by atoms with Crippen molar-refractivity contribution < 1.29 is 24.3 Å². The number of nitrogens with two attached hydrogens (primary N) is 2. The lowest BCUT2D eigenvalue weighted by Crippen LogP contribution is -2.57. The number of guanidine groups is 1. The molecule has 14 nitrogen and oxygen atoms in total. The number of H-pyrrole nitrogens is 2. The van der Waals surface area contributed by atoms with Crippen molar-refractivity contribution in [2.24, 2.45) is 16.5 Å². The van der Waals surface area contributed by atoms with Gasteiger partial charge in [-0.15, -0.1) is 0 Å². The summed E-state index contributed by atoms with van der Waals surface area (Å²) in [5, 5.41) is 23.2. The second-order valence-electron chi connectivity index (χ2n) is 11.7. The zero-order chi connectivity index (χ0) is 33.3. The average Bonchev–Trinajstić information content (AvgIpc) is 3.83. The summed E-state index contributed by atoms with van der Waals surface area (Å²) in [6.07, 6.45) is 5.67. The van der Waals surface area contributed by atoms with Crippen LogP contribution in [-0.2, 0) is 32.0 Å². The Morgan fingerprint density at radius 1 is 0.830 bits per heavy atom. The number of carboxylic acids is 1. The van der Waals surface area contributed by atoms with Gasteiger partial charge in [0.15, 0.2) is 5.96 Å². The molecule has 3 amide bonds. The van der Waals surface area contributed by atoms with Gasteiger partial charge in [-0.25, -0.2) is 4.79 Å². The molecule has 0 saturated carbocycles. The SMILES string of the molecule is NC(N)=NCCCC(NC(=O)C1CCCN1)C(=O)NC(Cc1c[nH]c2ccccc12)C(=O)NC(Cc1c[nH]c2ccccc12)C(=O)O. The molecule has 5 rings (SSSR count). The summed E-state index contributed by atoms with van der Waals surface area (Å²) in [7, 11) is 0. The Hall–Kier alpha value is -5.37. The fraction of sp³-hybridized carbons (Fsp3) is 0.364. The minimum absolute atomic E-state index is 0.0245. The molecule has 4 aromatic rings. The summed E-state index contributed by atoms with van der Waals surface area (Å²) >= 11 is 0. The van der Waals surface area contributed by atoms with Crippen LogP contribution in [0.3, 0.4) is 0 Å². The van der Waals surface area contributed by atoms with E-state index < -0.39 is 42.0 Å². The first-order valence-electron chi connectivity index (χ1n) is 15.7. The van der Waals surface area contributed by atoms with Crippen LogP contribution in [0.2, 0.25) is 0 Å². The van der Waals surface area contributed by atoms with Crippen LogP contribution in [0, 0.1) is 0 Å². The maximum atomic E-state index is 13.9. The molecule has 248 valence electrons. The Kier molecular flexibility index (Phi) is 10.7. The summed E-state index contributed by atoms with van der Waals surface area (Å²) < 4.78 is 0. The zero-order valence-electron chi connectivity index (χ0n) is 25.9. The van der Waals surface area contributed by atoms with Gasteiger partial charge in [-0.2, -0.15) is 0 Å². The summed E-state index contributed by atoms with van der Waals surface area (Å²) in [6.45, 7) is 0.951. The third-order valence-electron chi connectivity index (χ3n) is 8.40. The van der Waals surface area contributed by atoms with Gasteiger partial charge < -0.3 is 47.8 Å². The van der Waals surface area contributed by atoms with E-state index >= 15 is 0 Å². The lowest BCUT2D eigenvalue weighted by Gasteiger charge is -2.25. The lowest BCUT2D eigenvalue weighted by molar-refractivity contribution is -0.142. The Bertz CT molecular complexity index is 1750. The van der Waals surface area contributed by atoms with Crippen LogP contribution in [-0.4, -0.2) is 82.0 Å². The number of hydrogen-bond donors (Lipinski definition) is 9. The Balaban J connectivity index is 1.37. The highest BCUT2D eigenvalue weighted by molar-refractivity contribution is 5.95. The van der Waals surface area contributed by atoms with E-state index in [0.29, 0.717) is 19.4 Å². The number of fused-ring (bicyclic) bond motifs is 2. The first-order valence-corrected chi connectivity index (χ1v) is 15.7. The smallest absolute Gasteiger partial charge is 0.326 e. The highest BCUT2D eigenvalue weighted by Crippen LogP contribution is 2.21. The molecule has 4 atom stereocenters. The van der Waals surface area contributed by atoms with Crippen LogP contribution in [0.5, 0.6) is 0 Å². The van der Waals surface area contributed by atoms with Gasteiger partial charge in [0.05, 0.1) is 6.04 Å². The molecule has 47 heavy (non-hydrogen) atoms. The van der Waals surface area contributed by atoms with Crippen molar-refractivity contribution in [1.29, 1.82) is 0 Å². The molecular formula is C33H41N9O5. The van der Waals surface area contributed by atoms with Gasteiger partial charge in [-0.05, 0) is 55.5 Å². The van der Waals surface area contributed by atoms with Crippen molar-refractivity contribution >= 4 is 51.5 Å². The number of amides is 3. The molecule has 4 unspecified atom stereocenters. The Morgan fingerprint density at radius 3 is 1.98 bits per heavy atom. The molecule has 2 aromatic heterocycles. The van der Waals surface area contributed by atoms with Gasteiger partial charge in [0, 0.05) is 53.6 Å². The molecule has 1 aliphatic heterocycles. The first-order chi connectivity index (χ1) is 22.7. The van der Waals surface area contributed by atoms with E-state index in [1.165, 1.54) is 0 Å². The second-order valence-corrected chi connectivity index (χ2v) is 11.7. The summed E-state index contributed by atoms with van der Waals surface area (Å²) in [4.78, 5) is 63.4. The third-order valence-corrected chi connectivity index (χ3v) is 8.40. The fourth-order valence-corrected chi connectivity index (χ4v) is 5.95. The van der Waals surface area contributed by atoms with E-state index in [2.05, 4.69) is 36.2 Å². The number of aliphatic carboxylic acids is 1. The molecule has 1 fully saturated rings. The third kappa shape index (κ3) is 8.47. The second kappa shape index (κ2) is 15.3.